The van der Waals surface area contributed by atoms with Crippen LogP contribution in [0, 0.1) is 11.3 Å². The van der Waals surface area contributed by atoms with Crippen LogP contribution in [0.4, 0.5) is 0 Å². The van der Waals surface area contributed by atoms with Crippen LogP contribution in [0.25, 0.3) is 11.1 Å². The highest BCUT2D eigenvalue weighted by Crippen LogP contribution is 2.23. The molecule has 138 valence electrons. The normalized spacial score (nSPS) is 10.6. The van der Waals surface area contributed by atoms with Gasteiger partial charge in [0.1, 0.15) is 29.3 Å². The molecule has 0 bridgehead atoms. The van der Waals surface area contributed by atoms with Crippen LogP contribution in [0.1, 0.15) is 16.1 Å². The van der Waals surface area contributed by atoms with E-state index in [1.807, 2.05) is 13.9 Å². The highest BCUT2D eigenvalue weighted by molar-refractivity contribution is 6.54. The van der Waals surface area contributed by atoms with Crippen LogP contribution in [-0.2, 0) is 9.45 Å². The fourth-order valence-corrected chi connectivity index (χ4v) is 3.20. The van der Waals surface area contributed by atoms with Crippen molar-refractivity contribution >= 4 is 78.4 Å². The van der Waals surface area contributed by atoms with Crippen LogP contribution in [0.3, 0.4) is 0 Å². The zero-order chi connectivity index (χ0) is 21.9. The average molecular weight is 380 g/mol. The van der Waals surface area contributed by atoms with Crippen molar-refractivity contribution in [1.29, 1.82) is 5.26 Å². The molecule has 0 saturated heterocycles. The molecular formula is C15H18B7N3O4. The van der Waals surface area contributed by atoms with Crippen LogP contribution in [0.5, 0.6) is 5.75 Å². The number of nitrogens with zero attached hydrogens (tertiary/aromatic N) is 3. The van der Waals surface area contributed by atoms with Crippen molar-refractivity contribution in [2.75, 3.05) is 0 Å². The summed E-state index contributed by atoms with van der Waals surface area (Å²) in [7, 11) is 11.1. The second kappa shape index (κ2) is 8.60. The van der Waals surface area contributed by atoms with Gasteiger partial charge in [-0.25, -0.2) is 0 Å². The third kappa shape index (κ3) is 4.09. The molecule has 0 fully saturated rings. The molecule has 1 aromatic carbocycles. The topological polar surface area (TPSA) is 92.5 Å². The van der Waals surface area contributed by atoms with Crippen LogP contribution in [-0.4, -0.2) is 82.5 Å². The minimum Gasteiger partial charge on any atom is -0.567 e. The van der Waals surface area contributed by atoms with Crippen molar-refractivity contribution < 1.29 is 18.9 Å². The highest BCUT2D eigenvalue weighted by atomic mass is 16.5. The monoisotopic (exact) mass is 381 g/mol. The van der Waals surface area contributed by atoms with Gasteiger partial charge in [0.05, 0.1) is 17.0 Å². The van der Waals surface area contributed by atoms with Crippen molar-refractivity contribution in [3.8, 4) is 22.9 Å². The molecule has 1 amide bonds. The molecule has 7 nitrogen and oxygen atoms in total. The highest BCUT2D eigenvalue weighted by Gasteiger charge is 2.37. The Balaban J connectivity index is 2.63. The van der Waals surface area contributed by atoms with Crippen LogP contribution < -0.4 is 15.7 Å². The number of benzene rings is 1. The van der Waals surface area contributed by atoms with Gasteiger partial charge in [-0.15, -0.1) is 0 Å². The molecular weight excluding hydrogens is 362 g/mol. The van der Waals surface area contributed by atoms with E-state index in [2.05, 4.69) is 11.1 Å². The molecule has 2 aromatic rings. The number of amides is 1. The molecule has 0 N–H and O–H groups in total. The minimum absolute atomic E-state index is 0.113. The Bertz CT molecular complexity index is 1030. The van der Waals surface area contributed by atoms with E-state index in [9.17, 15) is 14.9 Å². The predicted molar refractivity (Wildman–Crippen MR) is 129 cm³/mol. The van der Waals surface area contributed by atoms with Crippen molar-refractivity contribution in [1.82, 2.24) is 9.79 Å². The van der Waals surface area contributed by atoms with Gasteiger partial charge in [-0.05, 0) is 28.7 Å². The van der Waals surface area contributed by atoms with E-state index in [0.717, 1.165) is 16.6 Å². The molecule has 0 radical (unpaired) electrons. The lowest BCUT2D eigenvalue weighted by Gasteiger charge is -2.35. The molecule has 1 aromatic heterocycles. The Morgan fingerprint density at radius 2 is 1.86 bits per heavy atom. The molecule has 1 heterocycles. The van der Waals surface area contributed by atoms with E-state index in [-0.39, 0.29) is 5.69 Å². The van der Waals surface area contributed by atoms with E-state index >= 15 is 0 Å². The molecule has 2 rings (SSSR count). The van der Waals surface area contributed by atoms with Crippen LogP contribution in [0.2, 0.25) is 0 Å². The van der Waals surface area contributed by atoms with Crippen LogP contribution >= 0.6 is 0 Å². The van der Waals surface area contributed by atoms with Gasteiger partial charge in [-0.2, -0.15) is 5.26 Å². The number of hydrogen-bond donors (Lipinski definition) is 0. The lowest BCUT2D eigenvalue weighted by Crippen LogP contribution is -2.58. The van der Waals surface area contributed by atoms with E-state index < -0.39 is 17.2 Å². The zero-order valence-corrected chi connectivity index (χ0v) is 17.8. The first kappa shape index (κ1) is 22.3. The van der Waals surface area contributed by atoms with Gasteiger partial charge < -0.3 is 14.1 Å². The first-order chi connectivity index (χ1) is 13.6. The van der Waals surface area contributed by atoms with Crippen molar-refractivity contribution in [2.45, 2.75) is 5.34 Å². The summed E-state index contributed by atoms with van der Waals surface area (Å²) in [5.74, 6) is -0.669. The van der Waals surface area contributed by atoms with Crippen molar-refractivity contribution in [2.24, 2.45) is 0 Å². The maximum atomic E-state index is 13.2. The predicted octanol–water partition coefficient (Wildman–Crippen LogP) is -6.93. The number of hydrogen-bond acceptors (Lipinski definition) is 6. The molecule has 0 aliphatic rings. The average Bonchev–Trinajstić information content (AvgIpc) is 2.71. The third-order valence-electron chi connectivity index (χ3n) is 5.09. The van der Waals surface area contributed by atoms with E-state index in [0.29, 0.717) is 16.9 Å². The van der Waals surface area contributed by atoms with Gasteiger partial charge >= 0.3 is 16.1 Å². The van der Waals surface area contributed by atoms with Gasteiger partial charge in [-0.3, -0.25) is 14.6 Å². The second-order valence-electron chi connectivity index (χ2n) is 7.19. The first-order valence-electron chi connectivity index (χ1n) is 9.02. The van der Waals surface area contributed by atoms with E-state index in [1.165, 1.54) is 28.9 Å². The molecule has 0 unspecified atom stereocenters. The Labute approximate surface area is 176 Å². The Hall–Kier alpha value is -2.95. The molecule has 0 spiro atoms. The number of aromatic nitrogens is 1. The van der Waals surface area contributed by atoms with Gasteiger partial charge in [0.15, 0.2) is 13.5 Å². The second-order valence-corrected chi connectivity index (χ2v) is 7.19. The number of nitriles is 1. The lowest BCUT2D eigenvalue weighted by atomic mass is 9.59. The summed E-state index contributed by atoms with van der Waals surface area (Å²) in [6, 6.07) is 9.29. The molecule has 0 atom stereocenters. The summed E-state index contributed by atoms with van der Waals surface area (Å²) in [6.45, 7) is 0. The smallest absolute Gasteiger partial charge is 0.326 e. The number of pyridine rings is 1. The Kier molecular flexibility index (Phi) is 6.63. The first-order valence-corrected chi connectivity index (χ1v) is 9.02. The van der Waals surface area contributed by atoms with Crippen LogP contribution in [0.15, 0.2) is 24.3 Å². The maximum absolute atomic E-state index is 13.2. The quantitative estimate of drug-likeness (QED) is 0.479. The van der Waals surface area contributed by atoms with Crippen molar-refractivity contribution in [3.63, 3.8) is 0 Å². The Morgan fingerprint density at radius 1 is 1.21 bits per heavy atom. The molecule has 0 saturated carbocycles. The summed E-state index contributed by atoms with van der Waals surface area (Å²) in [4.78, 5) is 31.1. The zero-order valence-electron chi connectivity index (χ0n) is 17.8. The summed E-state index contributed by atoms with van der Waals surface area (Å²) in [6.07, 6.45) is 0. The molecule has 0 aliphatic carbocycles. The molecule has 14 heteroatoms. The minimum atomic E-state index is -1.18. The number of carbonyl (C=O) groups excluding carboxylic acids is 2. The summed E-state index contributed by atoms with van der Waals surface area (Å²) in [5, 5.41) is 8.01. The summed E-state index contributed by atoms with van der Waals surface area (Å²) >= 11 is 0. The third-order valence-corrected chi connectivity index (χ3v) is 5.09. The molecule has 0 aliphatic heterocycles. The van der Waals surface area contributed by atoms with E-state index in [1.54, 1.807) is 41.7 Å². The summed E-state index contributed by atoms with van der Waals surface area (Å²) < 4.78 is 10.3. The van der Waals surface area contributed by atoms with Gasteiger partial charge in [-0.1, -0.05) is 12.1 Å². The SMILES string of the molecule is BOC(=O)C(B)(B)N(B)C(=O)c1nc(B)c(-c2cccc(C#N)c2)c(B)c1OB. The molecule has 29 heavy (non-hydrogen) atoms. The fourth-order valence-electron chi connectivity index (χ4n) is 3.20. The van der Waals surface area contributed by atoms with Gasteiger partial charge in [0.25, 0.3) is 11.9 Å². The summed E-state index contributed by atoms with van der Waals surface area (Å²) in [5.41, 5.74) is 3.59. The van der Waals surface area contributed by atoms with E-state index in [4.69, 9.17) is 9.31 Å². The van der Waals surface area contributed by atoms with Gasteiger partial charge in [0.2, 0.25) is 7.98 Å². The number of carbonyl (C=O) groups is 2. The number of rotatable bonds is 5. The largest absolute Gasteiger partial charge is 0.567 e. The fraction of sp³-hybridized carbons (Fsp3) is 0.0667. The van der Waals surface area contributed by atoms with Gasteiger partial charge in [0, 0.05) is 5.59 Å². The Morgan fingerprint density at radius 3 is 2.41 bits per heavy atom. The lowest BCUT2D eigenvalue weighted by molar-refractivity contribution is -0.136. The standard InChI is InChI=1S/C15H18B7N3O4/c16-9-8(7-3-1-2-6(4-7)5-23)12(17)24-10(11(9)28-21)13(26)25(20)15(18,19)14(27)29-22/h1-4H,16-22H2. The maximum Gasteiger partial charge on any atom is 0.326 e. The van der Waals surface area contributed by atoms with Crippen molar-refractivity contribution in [3.05, 3.63) is 35.5 Å².